The molecule has 1 aliphatic rings. The number of nitrogens with zero attached hydrogens (tertiary/aromatic N) is 3. The first kappa shape index (κ1) is 9.57. The molecule has 1 aliphatic carbocycles. The zero-order chi connectivity index (χ0) is 11.0. The van der Waals surface area contributed by atoms with Crippen LogP contribution < -0.4 is 5.32 Å². The molecule has 1 saturated carbocycles. The molecule has 3 rings (SSSR count). The van der Waals surface area contributed by atoms with Crippen molar-refractivity contribution in [1.29, 1.82) is 0 Å². The van der Waals surface area contributed by atoms with Gasteiger partial charge in [0.15, 0.2) is 11.5 Å². The predicted octanol–water partition coefficient (Wildman–Crippen LogP) is 2.10. The Balaban J connectivity index is 1.96. The van der Waals surface area contributed by atoms with Gasteiger partial charge in [0, 0.05) is 5.54 Å². The average molecular weight is 217 g/mol. The van der Waals surface area contributed by atoms with Gasteiger partial charge < -0.3 is 10.3 Å². The van der Waals surface area contributed by atoms with Crippen LogP contribution in [0.25, 0.3) is 11.2 Å². The maximum Gasteiger partial charge on any atom is 0.182 e. The number of anilines is 1. The molecule has 16 heavy (non-hydrogen) atoms. The van der Waals surface area contributed by atoms with Crippen LogP contribution in [0.2, 0.25) is 0 Å². The summed E-state index contributed by atoms with van der Waals surface area (Å²) in [6.45, 7) is 2.22. The molecule has 2 aromatic heterocycles. The van der Waals surface area contributed by atoms with Crippen LogP contribution >= 0.6 is 0 Å². The Labute approximate surface area is 93.7 Å². The van der Waals surface area contributed by atoms with E-state index in [0.29, 0.717) is 0 Å². The number of nitrogens with one attached hydrogen (secondary N) is 2. The molecule has 0 spiro atoms. The number of hydrogen-bond acceptors (Lipinski definition) is 4. The third-order valence-electron chi connectivity index (χ3n) is 3.59. The van der Waals surface area contributed by atoms with Crippen LogP contribution in [0.1, 0.15) is 32.6 Å². The van der Waals surface area contributed by atoms with Crippen LogP contribution in [0, 0.1) is 0 Å². The Morgan fingerprint density at radius 2 is 2.25 bits per heavy atom. The van der Waals surface area contributed by atoms with Gasteiger partial charge in [-0.2, -0.15) is 0 Å². The van der Waals surface area contributed by atoms with Gasteiger partial charge in [0.2, 0.25) is 0 Å². The van der Waals surface area contributed by atoms with Crippen LogP contribution in [0.15, 0.2) is 12.7 Å². The lowest BCUT2D eigenvalue weighted by Crippen LogP contribution is -2.44. The van der Waals surface area contributed by atoms with Crippen LogP contribution in [-0.4, -0.2) is 25.5 Å². The molecule has 2 N–H and O–H groups in total. The number of imidazole rings is 1. The summed E-state index contributed by atoms with van der Waals surface area (Å²) in [5, 5.41) is 3.55. The highest BCUT2D eigenvalue weighted by atomic mass is 15.1. The second-order valence-corrected chi connectivity index (χ2v) is 4.44. The molecule has 2 aromatic rings. The Kier molecular flexibility index (Phi) is 2.05. The second-order valence-electron chi connectivity index (χ2n) is 4.44. The first-order valence-corrected chi connectivity index (χ1v) is 5.75. The van der Waals surface area contributed by atoms with Gasteiger partial charge in [0.25, 0.3) is 0 Å². The quantitative estimate of drug-likeness (QED) is 0.826. The number of aromatic nitrogens is 4. The third-order valence-corrected chi connectivity index (χ3v) is 3.59. The van der Waals surface area contributed by atoms with E-state index in [1.165, 1.54) is 19.3 Å². The van der Waals surface area contributed by atoms with Crippen LogP contribution in [0.3, 0.4) is 0 Å². The van der Waals surface area contributed by atoms with Crippen molar-refractivity contribution in [1.82, 2.24) is 19.9 Å². The number of rotatable bonds is 3. The SMILES string of the molecule is CCC1(Nc2ncnc3nc[nH]c23)CCC1. The van der Waals surface area contributed by atoms with E-state index in [0.717, 1.165) is 23.4 Å². The van der Waals surface area contributed by atoms with Gasteiger partial charge in [-0.05, 0) is 25.7 Å². The molecule has 0 bridgehead atoms. The lowest BCUT2D eigenvalue weighted by molar-refractivity contribution is 0.269. The smallest absolute Gasteiger partial charge is 0.182 e. The van der Waals surface area contributed by atoms with Gasteiger partial charge in [0.1, 0.15) is 11.8 Å². The number of fused-ring (bicyclic) bond motifs is 1. The molecular formula is C11H15N5. The number of aromatic amines is 1. The molecule has 0 amide bonds. The monoisotopic (exact) mass is 217 g/mol. The van der Waals surface area contributed by atoms with E-state index in [4.69, 9.17) is 0 Å². The topological polar surface area (TPSA) is 66.5 Å². The fourth-order valence-corrected chi connectivity index (χ4v) is 2.28. The van der Waals surface area contributed by atoms with E-state index in [1.54, 1.807) is 12.7 Å². The van der Waals surface area contributed by atoms with E-state index in [1.807, 2.05) is 0 Å². The Bertz CT molecular complexity index is 494. The van der Waals surface area contributed by atoms with Gasteiger partial charge in [-0.15, -0.1) is 0 Å². The number of H-pyrrole nitrogens is 1. The first-order chi connectivity index (χ1) is 7.83. The molecular weight excluding hydrogens is 202 g/mol. The van der Waals surface area contributed by atoms with E-state index in [2.05, 4.69) is 32.2 Å². The van der Waals surface area contributed by atoms with Crippen LogP contribution in [-0.2, 0) is 0 Å². The zero-order valence-corrected chi connectivity index (χ0v) is 9.32. The van der Waals surface area contributed by atoms with E-state index in [9.17, 15) is 0 Å². The molecule has 2 heterocycles. The minimum atomic E-state index is 0.242. The normalized spacial score (nSPS) is 18.3. The van der Waals surface area contributed by atoms with Gasteiger partial charge >= 0.3 is 0 Å². The maximum absolute atomic E-state index is 4.30. The molecule has 0 atom stereocenters. The predicted molar refractivity (Wildman–Crippen MR) is 62.2 cm³/mol. The fraction of sp³-hybridized carbons (Fsp3) is 0.545. The summed E-state index contributed by atoms with van der Waals surface area (Å²) in [6, 6.07) is 0. The zero-order valence-electron chi connectivity index (χ0n) is 9.32. The average Bonchev–Trinajstić information content (AvgIpc) is 2.72. The van der Waals surface area contributed by atoms with Crippen LogP contribution in [0.5, 0.6) is 0 Å². The van der Waals surface area contributed by atoms with Crippen molar-refractivity contribution in [3.05, 3.63) is 12.7 Å². The highest BCUT2D eigenvalue weighted by Crippen LogP contribution is 2.38. The fourth-order valence-electron chi connectivity index (χ4n) is 2.28. The molecule has 1 fully saturated rings. The van der Waals surface area contributed by atoms with Gasteiger partial charge in [-0.1, -0.05) is 6.92 Å². The molecule has 0 unspecified atom stereocenters. The Hall–Kier alpha value is -1.65. The van der Waals surface area contributed by atoms with Crippen LogP contribution in [0.4, 0.5) is 5.82 Å². The largest absolute Gasteiger partial charge is 0.363 e. The van der Waals surface area contributed by atoms with Crippen molar-refractivity contribution >= 4 is 17.0 Å². The summed E-state index contributed by atoms with van der Waals surface area (Å²) in [5.41, 5.74) is 1.87. The Morgan fingerprint density at radius 3 is 2.94 bits per heavy atom. The number of hydrogen-bond donors (Lipinski definition) is 2. The van der Waals surface area contributed by atoms with Crippen molar-refractivity contribution < 1.29 is 0 Å². The van der Waals surface area contributed by atoms with Gasteiger partial charge in [-0.3, -0.25) is 0 Å². The summed E-state index contributed by atoms with van der Waals surface area (Å²) in [5.74, 6) is 0.879. The molecule has 0 saturated heterocycles. The van der Waals surface area contributed by atoms with Gasteiger partial charge in [-0.25, -0.2) is 15.0 Å². The lowest BCUT2D eigenvalue weighted by atomic mass is 9.75. The lowest BCUT2D eigenvalue weighted by Gasteiger charge is -2.42. The summed E-state index contributed by atoms with van der Waals surface area (Å²) in [6.07, 6.45) is 8.11. The summed E-state index contributed by atoms with van der Waals surface area (Å²) in [7, 11) is 0. The maximum atomic E-state index is 4.30. The minimum absolute atomic E-state index is 0.242. The molecule has 0 aliphatic heterocycles. The summed E-state index contributed by atoms with van der Waals surface area (Å²) in [4.78, 5) is 15.6. The molecule has 5 heteroatoms. The van der Waals surface area contributed by atoms with Crippen molar-refractivity contribution in [2.24, 2.45) is 0 Å². The third kappa shape index (κ3) is 1.35. The Morgan fingerprint density at radius 1 is 1.38 bits per heavy atom. The van der Waals surface area contributed by atoms with Crippen molar-refractivity contribution in [2.45, 2.75) is 38.1 Å². The summed E-state index contributed by atoms with van der Waals surface area (Å²) >= 11 is 0. The summed E-state index contributed by atoms with van der Waals surface area (Å²) < 4.78 is 0. The van der Waals surface area contributed by atoms with E-state index in [-0.39, 0.29) is 5.54 Å². The van der Waals surface area contributed by atoms with Gasteiger partial charge in [0.05, 0.1) is 6.33 Å². The molecule has 84 valence electrons. The first-order valence-electron chi connectivity index (χ1n) is 5.75. The standard InChI is InChI=1S/C11H15N5/c1-2-11(4-3-5-11)16-10-8-9(13-6-12-8)14-7-15-10/h6-7H,2-5H2,1H3,(H2,12,13,14,15,16). The highest BCUT2D eigenvalue weighted by Gasteiger charge is 2.35. The van der Waals surface area contributed by atoms with E-state index < -0.39 is 0 Å². The minimum Gasteiger partial charge on any atom is -0.363 e. The van der Waals surface area contributed by atoms with Crippen molar-refractivity contribution in [2.75, 3.05) is 5.32 Å². The highest BCUT2D eigenvalue weighted by molar-refractivity contribution is 5.82. The molecule has 0 aromatic carbocycles. The second kappa shape index (κ2) is 3.43. The van der Waals surface area contributed by atoms with Crippen molar-refractivity contribution in [3.63, 3.8) is 0 Å². The molecule has 5 nitrogen and oxygen atoms in total. The molecule has 0 radical (unpaired) electrons. The van der Waals surface area contributed by atoms with E-state index >= 15 is 0 Å². The van der Waals surface area contributed by atoms with Crippen molar-refractivity contribution in [3.8, 4) is 0 Å².